The number of allylic oxidation sites excluding steroid dienone is 4. The first-order chi connectivity index (χ1) is 6.38. The smallest absolute Gasteiger partial charge is 0.122 e. The lowest BCUT2D eigenvalue weighted by molar-refractivity contribution is 0.194. The van der Waals surface area contributed by atoms with Gasteiger partial charge in [-0.15, -0.1) is 0 Å². The highest BCUT2D eigenvalue weighted by Gasteiger charge is 2.09. The van der Waals surface area contributed by atoms with Crippen molar-refractivity contribution in [3.8, 4) is 0 Å². The molecule has 0 bridgehead atoms. The zero-order chi connectivity index (χ0) is 10.1. The standard InChI is InChI=1S/C10H14O.C2H6/c1-3-6-10-9(4-2)7-5-8-11-10;1-2/h3-4,6H,1,5,7-8H2,2H3;1-2H3/b9-4-,10-6+;. The van der Waals surface area contributed by atoms with E-state index in [9.17, 15) is 0 Å². The van der Waals surface area contributed by atoms with Crippen LogP contribution in [0.1, 0.15) is 33.6 Å². The molecule has 1 fully saturated rings. The molecule has 1 aliphatic heterocycles. The number of hydrogen-bond acceptors (Lipinski definition) is 1. The van der Waals surface area contributed by atoms with Crippen LogP contribution in [-0.2, 0) is 4.74 Å². The monoisotopic (exact) mass is 180 g/mol. The van der Waals surface area contributed by atoms with Crippen LogP contribution in [0, 0.1) is 0 Å². The highest BCUT2D eigenvalue weighted by Crippen LogP contribution is 2.22. The third-order valence-corrected chi connectivity index (χ3v) is 1.78. The van der Waals surface area contributed by atoms with E-state index in [-0.39, 0.29) is 0 Å². The summed E-state index contributed by atoms with van der Waals surface area (Å²) in [5, 5.41) is 0. The van der Waals surface area contributed by atoms with Gasteiger partial charge < -0.3 is 4.74 Å². The van der Waals surface area contributed by atoms with Crippen molar-refractivity contribution in [3.05, 3.63) is 36.1 Å². The fraction of sp³-hybridized carbons (Fsp3) is 0.500. The maximum atomic E-state index is 5.44. The average Bonchev–Trinajstić information content (AvgIpc) is 2.22. The number of hydrogen-bond donors (Lipinski definition) is 0. The molecule has 0 amide bonds. The first-order valence-corrected chi connectivity index (χ1v) is 4.99. The molecule has 1 nitrogen and oxygen atoms in total. The van der Waals surface area contributed by atoms with Crippen molar-refractivity contribution in [1.82, 2.24) is 0 Å². The fourth-order valence-corrected chi connectivity index (χ4v) is 1.21. The summed E-state index contributed by atoms with van der Waals surface area (Å²) in [5.41, 5.74) is 1.30. The lowest BCUT2D eigenvalue weighted by Gasteiger charge is -2.18. The molecule has 0 aromatic carbocycles. The summed E-state index contributed by atoms with van der Waals surface area (Å²) >= 11 is 0. The van der Waals surface area contributed by atoms with Crippen molar-refractivity contribution >= 4 is 0 Å². The summed E-state index contributed by atoms with van der Waals surface area (Å²) in [6.45, 7) is 10.5. The zero-order valence-electron chi connectivity index (χ0n) is 8.97. The minimum absolute atomic E-state index is 0.844. The topological polar surface area (TPSA) is 9.23 Å². The Kier molecular flexibility index (Phi) is 7.08. The second-order valence-corrected chi connectivity index (χ2v) is 2.53. The van der Waals surface area contributed by atoms with E-state index in [1.165, 1.54) is 5.57 Å². The molecule has 0 aromatic rings. The first-order valence-electron chi connectivity index (χ1n) is 4.99. The van der Waals surface area contributed by atoms with Crippen LogP contribution < -0.4 is 0 Å². The van der Waals surface area contributed by atoms with Crippen molar-refractivity contribution in [2.75, 3.05) is 6.61 Å². The van der Waals surface area contributed by atoms with Crippen LogP contribution in [0.4, 0.5) is 0 Å². The normalized spacial score (nSPS) is 21.8. The van der Waals surface area contributed by atoms with Gasteiger partial charge in [-0.3, -0.25) is 0 Å². The van der Waals surface area contributed by atoms with Gasteiger partial charge in [0.15, 0.2) is 0 Å². The van der Waals surface area contributed by atoms with Crippen LogP contribution >= 0.6 is 0 Å². The van der Waals surface area contributed by atoms with Crippen LogP contribution in [-0.4, -0.2) is 6.61 Å². The Balaban J connectivity index is 0.000000671. The third kappa shape index (κ3) is 3.97. The van der Waals surface area contributed by atoms with Gasteiger partial charge >= 0.3 is 0 Å². The Bertz CT molecular complexity index is 199. The predicted molar refractivity (Wildman–Crippen MR) is 58.6 cm³/mol. The van der Waals surface area contributed by atoms with Crippen LogP contribution in [0.5, 0.6) is 0 Å². The summed E-state index contributed by atoms with van der Waals surface area (Å²) in [5.74, 6) is 0.994. The SMILES string of the molecule is C=C/C=C1/OCCC/C1=C/C.CC. The largest absolute Gasteiger partial charge is 0.493 e. The molecule has 1 heteroatoms. The maximum Gasteiger partial charge on any atom is 0.122 e. The molecule has 0 radical (unpaired) electrons. The Hall–Kier alpha value is -0.980. The van der Waals surface area contributed by atoms with E-state index in [1.54, 1.807) is 6.08 Å². The summed E-state index contributed by atoms with van der Waals surface area (Å²) in [6.07, 6.45) is 8.07. The Labute approximate surface area is 81.8 Å². The quantitative estimate of drug-likeness (QED) is 0.595. The van der Waals surface area contributed by atoms with E-state index in [0.717, 1.165) is 25.2 Å². The number of rotatable bonds is 1. The molecule has 1 heterocycles. The molecule has 1 rings (SSSR count). The molecule has 0 spiro atoms. The summed E-state index contributed by atoms with van der Waals surface area (Å²) in [6, 6.07) is 0. The molecule has 1 saturated heterocycles. The van der Waals surface area contributed by atoms with Crippen molar-refractivity contribution in [1.29, 1.82) is 0 Å². The van der Waals surface area contributed by atoms with Gasteiger partial charge in [-0.2, -0.15) is 0 Å². The van der Waals surface area contributed by atoms with Gasteiger partial charge in [0.05, 0.1) is 6.61 Å². The van der Waals surface area contributed by atoms with Gasteiger partial charge in [0.25, 0.3) is 0 Å². The highest BCUT2D eigenvalue weighted by molar-refractivity contribution is 5.29. The molecule has 0 aliphatic carbocycles. The van der Waals surface area contributed by atoms with Crippen molar-refractivity contribution < 1.29 is 4.74 Å². The Morgan fingerprint density at radius 3 is 2.62 bits per heavy atom. The Morgan fingerprint density at radius 1 is 1.38 bits per heavy atom. The summed E-state index contributed by atoms with van der Waals surface area (Å²) in [4.78, 5) is 0. The molecular weight excluding hydrogens is 160 g/mol. The molecule has 74 valence electrons. The van der Waals surface area contributed by atoms with Gasteiger partial charge in [0.1, 0.15) is 5.76 Å². The second-order valence-electron chi connectivity index (χ2n) is 2.53. The first kappa shape index (κ1) is 12.0. The molecule has 0 saturated carbocycles. The van der Waals surface area contributed by atoms with Gasteiger partial charge in [-0.25, -0.2) is 0 Å². The Morgan fingerprint density at radius 2 is 2.08 bits per heavy atom. The minimum Gasteiger partial charge on any atom is -0.493 e. The van der Waals surface area contributed by atoms with Gasteiger partial charge in [0.2, 0.25) is 0 Å². The minimum atomic E-state index is 0.844. The molecule has 0 N–H and O–H groups in total. The van der Waals surface area contributed by atoms with E-state index in [1.807, 2.05) is 26.8 Å². The van der Waals surface area contributed by atoms with Crippen LogP contribution in [0.3, 0.4) is 0 Å². The predicted octanol–water partition coefficient (Wildman–Crippen LogP) is 3.84. The van der Waals surface area contributed by atoms with E-state index < -0.39 is 0 Å². The summed E-state index contributed by atoms with van der Waals surface area (Å²) < 4.78 is 5.44. The van der Waals surface area contributed by atoms with Crippen LogP contribution in [0.25, 0.3) is 0 Å². The van der Waals surface area contributed by atoms with Gasteiger partial charge in [0, 0.05) is 0 Å². The van der Waals surface area contributed by atoms with Gasteiger partial charge in [-0.1, -0.05) is 32.6 Å². The van der Waals surface area contributed by atoms with E-state index in [0.29, 0.717) is 0 Å². The summed E-state index contributed by atoms with van der Waals surface area (Å²) in [7, 11) is 0. The van der Waals surface area contributed by atoms with E-state index in [2.05, 4.69) is 12.7 Å². The molecule has 0 aromatic heterocycles. The van der Waals surface area contributed by atoms with Crippen molar-refractivity contribution in [3.63, 3.8) is 0 Å². The lowest BCUT2D eigenvalue weighted by atomic mass is 10.1. The van der Waals surface area contributed by atoms with Gasteiger partial charge in [-0.05, 0) is 31.4 Å². The lowest BCUT2D eigenvalue weighted by Crippen LogP contribution is -2.05. The molecule has 0 unspecified atom stereocenters. The molecule has 0 atom stereocenters. The molecule has 1 aliphatic rings. The molecule has 13 heavy (non-hydrogen) atoms. The van der Waals surface area contributed by atoms with E-state index in [4.69, 9.17) is 4.74 Å². The zero-order valence-corrected chi connectivity index (χ0v) is 8.97. The molecular formula is C12H20O. The van der Waals surface area contributed by atoms with Crippen LogP contribution in [0.15, 0.2) is 36.1 Å². The third-order valence-electron chi connectivity index (χ3n) is 1.78. The van der Waals surface area contributed by atoms with E-state index >= 15 is 0 Å². The second kappa shape index (κ2) is 7.66. The van der Waals surface area contributed by atoms with Crippen LogP contribution in [0.2, 0.25) is 0 Å². The number of ether oxygens (including phenoxy) is 1. The van der Waals surface area contributed by atoms with Crippen molar-refractivity contribution in [2.24, 2.45) is 0 Å². The van der Waals surface area contributed by atoms with Crippen molar-refractivity contribution in [2.45, 2.75) is 33.6 Å². The fourth-order valence-electron chi connectivity index (χ4n) is 1.21. The highest BCUT2D eigenvalue weighted by atomic mass is 16.5. The maximum absolute atomic E-state index is 5.44. The average molecular weight is 180 g/mol.